The molecule has 2 aromatic heterocycles. The zero-order valence-electron chi connectivity index (χ0n) is 22.5. The maximum Gasteiger partial charge on any atom is 0.340 e. The van der Waals surface area contributed by atoms with Crippen molar-refractivity contribution in [1.29, 1.82) is 0 Å². The Labute approximate surface area is 221 Å². The van der Waals surface area contributed by atoms with Crippen LogP contribution in [-0.4, -0.2) is 21.4 Å². The van der Waals surface area contributed by atoms with Crippen LogP contribution in [0.5, 0.6) is 0 Å². The molecule has 0 saturated heterocycles. The average Bonchev–Trinajstić information content (AvgIpc) is 3.23. The lowest BCUT2D eigenvalue weighted by Gasteiger charge is -2.22. The number of nitrogens with zero attached hydrogens (tertiary/aromatic N) is 2. The van der Waals surface area contributed by atoms with Crippen LogP contribution in [0.2, 0.25) is 0 Å². The highest BCUT2D eigenvalue weighted by atomic mass is 16.6. The molecule has 0 aliphatic carbocycles. The predicted molar refractivity (Wildman–Crippen MR) is 151 cm³/mol. The van der Waals surface area contributed by atoms with Gasteiger partial charge in [-0.3, -0.25) is 9.48 Å². The van der Waals surface area contributed by atoms with E-state index in [1.54, 1.807) is 23.0 Å². The van der Waals surface area contributed by atoms with E-state index in [1.807, 2.05) is 90.2 Å². The van der Waals surface area contributed by atoms with Gasteiger partial charge in [0.25, 0.3) is 0 Å². The molecule has 0 bridgehead atoms. The van der Waals surface area contributed by atoms with Gasteiger partial charge in [-0.05, 0) is 76.6 Å². The molecule has 2 heterocycles. The minimum absolute atomic E-state index is 0.112. The molecule has 0 radical (unpaired) electrons. The number of fused-ring (bicyclic) bond motifs is 2. The lowest BCUT2D eigenvalue weighted by Crippen LogP contribution is -2.24. The van der Waals surface area contributed by atoms with Gasteiger partial charge in [0.1, 0.15) is 16.9 Å². The van der Waals surface area contributed by atoms with E-state index in [0.29, 0.717) is 28.0 Å². The highest BCUT2D eigenvalue weighted by Crippen LogP contribution is 2.32. The summed E-state index contributed by atoms with van der Waals surface area (Å²) in [6.07, 6.45) is 1.79. The number of carbonyl (C=O) groups is 1. The molecule has 5 aromatic rings. The van der Waals surface area contributed by atoms with Gasteiger partial charge in [-0.25, -0.2) is 4.79 Å². The van der Waals surface area contributed by atoms with Crippen molar-refractivity contribution in [2.75, 3.05) is 5.32 Å². The lowest BCUT2D eigenvalue weighted by atomic mass is 10.00. The number of benzene rings is 3. The smallest absolute Gasteiger partial charge is 0.340 e. The minimum Gasteiger partial charge on any atom is -0.456 e. The van der Waals surface area contributed by atoms with Crippen molar-refractivity contribution in [3.8, 4) is 11.3 Å². The van der Waals surface area contributed by atoms with E-state index in [9.17, 15) is 9.59 Å². The topological polar surface area (TPSA) is 86.4 Å². The molecule has 0 spiro atoms. The molecule has 0 fully saturated rings. The van der Waals surface area contributed by atoms with Crippen LogP contribution in [-0.2, 0) is 11.8 Å². The number of ether oxygens (including phenoxy) is 1. The summed E-state index contributed by atoms with van der Waals surface area (Å²) in [4.78, 5) is 26.1. The van der Waals surface area contributed by atoms with Crippen molar-refractivity contribution in [2.45, 2.75) is 46.3 Å². The van der Waals surface area contributed by atoms with Crippen molar-refractivity contribution < 1.29 is 13.9 Å². The molecule has 38 heavy (non-hydrogen) atoms. The fraction of sp³-hybridized carbons (Fsp3) is 0.258. The number of nitrogens with one attached hydrogen (secondary N) is 1. The Morgan fingerprint density at radius 1 is 1.08 bits per heavy atom. The van der Waals surface area contributed by atoms with Crippen LogP contribution in [0.3, 0.4) is 0 Å². The first kappa shape index (κ1) is 25.3. The van der Waals surface area contributed by atoms with Crippen LogP contribution < -0.4 is 10.7 Å². The molecule has 5 rings (SSSR count). The summed E-state index contributed by atoms with van der Waals surface area (Å²) in [7, 11) is 1.89. The van der Waals surface area contributed by atoms with Crippen LogP contribution in [0.15, 0.2) is 76.1 Å². The first-order chi connectivity index (χ1) is 18.0. The summed E-state index contributed by atoms with van der Waals surface area (Å²) >= 11 is 0. The quantitative estimate of drug-likeness (QED) is 0.263. The number of esters is 1. The first-order valence-electron chi connectivity index (χ1n) is 12.6. The highest BCUT2D eigenvalue weighted by Gasteiger charge is 2.22. The lowest BCUT2D eigenvalue weighted by molar-refractivity contribution is 0.00706. The van der Waals surface area contributed by atoms with Gasteiger partial charge in [0.2, 0.25) is 0 Å². The molecule has 1 atom stereocenters. The summed E-state index contributed by atoms with van der Waals surface area (Å²) in [6.45, 7) is 9.46. The van der Waals surface area contributed by atoms with Crippen molar-refractivity contribution in [3.05, 3.63) is 93.8 Å². The molecular weight excluding hydrogens is 478 g/mol. The van der Waals surface area contributed by atoms with Gasteiger partial charge in [0.15, 0.2) is 5.43 Å². The van der Waals surface area contributed by atoms with Crippen LogP contribution in [0.1, 0.15) is 55.2 Å². The Kier molecular flexibility index (Phi) is 6.31. The Bertz CT molecular complexity index is 1740. The Morgan fingerprint density at radius 2 is 1.84 bits per heavy atom. The Hall–Kier alpha value is -4.39. The molecule has 0 aliphatic rings. The van der Waals surface area contributed by atoms with Gasteiger partial charge >= 0.3 is 5.97 Å². The molecule has 7 heteroatoms. The van der Waals surface area contributed by atoms with Gasteiger partial charge in [-0.2, -0.15) is 5.10 Å². The van der Waals surface area contributed by atoms with E-state index in [1.165, 1.54) is 0 Å². The van der Waals surface area contributed by atoms with E-state index < -0.39 is 11.6 Å². The molecule has 1 unspecified atom stereocenters. The van der Waals surface area contributed by atoms with E-state index in [0.717, 1.165) is 27.6 Å². The SMILES string of the molecule is Cc1cc(C(C)Nc2ccccc2C(=O)OC(C)(C)C)c2oc(-c3ccc4c(cnn4C)c3)cc(=O)c2c1. The van der Waals surface area contributed by atoms with Crippen molar-refractivity contribution in [3.63, 3.8) is 0 Å². The summed E-state index contributed by atoms with van der Waals surface area (Å²) in [5, 5.41) is 9.23. The van der Waals surface area contributed by atoms with Crippen molar-refractivity contribution in [2.24, 2.45) is 7.05 Å². The predicted octanol–water partition coefficient (Wildman–Crippen LogP) is 6.78. The Morgan fingerprint density at radius 3 is 2.61 bits per heavy atom. The molecule has 7 nitrogen and oxygen atoms in total. The monoisotopic (exact) mass is 509 g/mol. The van der Waals surface area contributed by atoms with Gasteiger partial charge in [0.05, 0.1) is 28.7 Å². The van der Waals surface area contributed by atoms with E-state index in [4.69, 9.17) is 9.15 Å². The molecular formula is C31H31N3O4. The highest BCUT2D eigenvalue weighted by molar-refractivity contribution is 5.96. The zero-order valence-corrected chi connectivity index (χ0v) is 22.5. The normalized spacial score (nSPS) is 12.6. The molecule has 0 amide bonds. The standard InChI is InChI=1S/C31H31N3O4/c1-18-13-23(19(2)33-25-10-8-7-9-22(25)30(36)38-31(3,4)5)29-24(14-18)27(35)16-28(37-29)20-11-12-26-21(15-20)17-32-34(26)6/h7-17,19,33H,1-6H3. The first-order valence-corrected chi connectivity index (χ1v) is 12.6. The zero-order chi connectivity index (χ0) is 27.2. The molecule has 1 N–H and O–H groups in total. The van der Waals surface area contributed by atoms with E-state index >= 15 is 0 Å². The number of hydrogen-bond acceptors (Lipinski definition) is 6. The van der Waals surface area contributed by atoms with Gasteiger partial charge < -0.3 is 14.5 Å². The average molecular weight is 510 g/mol. The second-order valence-electron chi connectivity index (χ2n) is 10.7. The number of aromatic nitrogens is 2. The van der Waals surface area contributed by atoms with Gasteiger partial charge in [-0.15, -0.1) is 0 Å². The second-order valence-corrected chi connectivity index (χ2v) is 10.7. The number of rotatable bonds is 5. The third-order valence-corrected chi connectivity index (χ3v) is 6.42. The van der Waals surface area contributed by atoms with Gasteiger partial charge in [-0.1, -0.05) is 18.2 Å². The number of carbonyl (C=O) groups excluding carboxylic acids is 1. The van der Waals surface area contributed by atoms with E-state index in [2.05, 4.69) is 10.4 Å². The Balaban J connectivity index is 1.57. The summed E-state index contributed by atoms with van der Waals surface area (Å²) in [5.74, 6) is 0.0845. The van der Waals surface area contributed by atoms with Crippen LogP contribution in [0, 0.1) is 6.92 Å². The van der Waals surface area contributed by atoms with Gasteiger partial charge in [0, 0.05) is 35.3 Å². The van der Waals surface area contributed by atoms with Crippen molar-refractivity contribution in [1.82, 2.24) is 9.78 Å². The van der Waals surface area contributed by atoms with Crippen molar-refractivity contribution >= 4 is 33.5 Å². The van der Waals surface area contributed by atoms with E-state index in [-0.39, 0.29) is 11.5 Å². The second kappa shape index (κ2) is 9.49. The third-order valence-electron chi connectivity index (χ3n) is 6.42. The number of anilines is 1. The van der Waals surface area contributed by atoms with Crippen LogP contribution >= 0.6 is 0 Å². The number of para-hydroxylation sites is 1. The largest absolute Gasteiger partial charge is 0.456 e. The number of aryl methyl sites for hydroxylation is 2. The van der Waals surface area contributed by atoms with Crippen LogP contribution in [0.25, 0.3) is 33.2 Å². The maximum absolute atomic E-state index is 13.2. The molecule has 0 saturated carbocycles. The summed E-state index contributed by atoms with van der Waals surface area (Å²) in [6, 6.07) is 18.2. The fourth-order valence-corrected chi connectivity index (χ4v) is 4.65. The molecule has 0 aliphatic heterocycles. The molecule has 3 aromatic carbocycles. The molecule has 194 valence electrons. The fourth-order valence-electron chi connectivity index (χ4n) is 4.65. The maximum atomic E-state index is 13.2. The summed E-state index contributed by atoms with van der Waals surface area (Å²) < 4.78 is 13.8. The van der Waals surface area contributed by atoms with Crippen LogP contribution in [0.4, 0.5) is 5.69 Å². The third kappa shape index (κ3) is 4.92. The minimum atomic E-state index is -0.610. The summed E-state index contributed by atoms with van der Waals surface area (Å²) in [5.41, 5.74) is 4.43. The number of hydrogen-bond donors (Lipinski definition) is 1.